The van der Waals surface area contributed by atoms with E-state index in [4.69, 9.17) is 11.6 Å². The Morgan fingerprint density at radius 2 is 2.13 bits per heavy atom. The Labute approximate surface area is 91.8 Å². The summed E-state index contributed by atoms with van der Waals surface area (Å²) in [4.78, 5) is 18.7. The van der Waals surface area contributed by atoms with E-state index >= 15 is 0 Å². The molecule has 4 heteroatoms. The fourth-order valence-corrected chi connectivity index (χ4v) is 1.40. The zero-order chi connectivity index (χ0) is 10.7. The Morgan fingerprint density at radius 3 is 2.87 bits per heavy atom. The monoisotopic (exact) mass is 218 g/mol. The minimum absolute atomic E-state index is 0.361. The van der Waals surface area contributed by atoms with Gasteiger partial charge in [-0.15, -0.1) is 0 Å². The van der Waals surface area contributed by atoms with Crippen LogP contribution in [0.5, 0.6) is 0 Å². The van der Waals surface area contributed by atoms with Crippen LogP contribution in [0.1, 0.15) is 10.5 Å². The van der Waals surface area contributed by atoms with Gasteiger partial charge in [0.25, 0.3) is 0 Å². The van der Waals surface area contributed by atoms with E-state index < -0.39 is 0 Å². The number of carbonyl (C=O) groups excluding carboxylic acids is 1. The molecule has 0 N–H and O–H groups in total. The molecule has 0 amide bonds. The SMILES string of the molecule is O=Cc1ccnc(-c2cccc(Cl)c2)n1. The van der Waals surface area contributed by atoms with E-state index in [1.54, 1.807) is 24.4 Å². The van der Waals surface area contributed by atoms with E-state index in [2.05, 4.69) is 9.97 Å². The molecule has 0 aliphatic heterocycles. The second kappa shape index (κ2) is 4.19. The molecule has 0 spiro atoms. The topological polar surface area (TPSA) is 42.9 Å². The first-order valence-electron chi connectivity index (χ1n) is 4.34. The Balaban J connectivity index is 2.49. The smallest absolute Gasteiger partial charge is 0.168 e. The first-order valence-corrected chi connectivity index (χ1v) is 4.71. The summed E-state index contributed by atoms with van der Waals surface area (Å²) in [7, 11) is 0. The minimum atomic E-state index is 0.361. The lowest BCUT2D eigenvalue weighted by Crippen LogP contribution is -1.92. The number of benzene rings is 1. The summed E-state index contributed by atoms with van der Waals surface area (Å²) >= 11 is 5.84. The number of hydrogen-bond donors (Lipinski definition) is 0. The highest BCUT2D eigenvalue weighted by molar-refractivity contribution is 6.30. The zero-order valence-corrected chi connectivity index (χ0v) is 8.48. The molecule has 1 heterocycles. The van der Waals surface area contributed by atoms with Gasteiger partial charge >= 0.3 is 0 Å². The van der Waals surface area contributed by atoms with E-state index in [-0.39, 0.29) is 0 Å². The van der Waals surface area contributed by atoms with Gasteiger partial charge in [-0.25, -0.2) is 9.97 Å². The number of hydrogen-bond acceptors (Lipinski definition) is 3. The molecule has 15 heavy (non-hydrogen) atoms. The number of nitrogens with zero attached hydrogens (tertiary/aromatic N) is 2. The van der Waals surface area contributed by atoms with Crippen LogP contribution >= 0.6 is 11.6 Å². The lowest BCUT2D eigenvalue weighted by Gasteiger charge is -2.00. The quantitative estimate of drug-likeness (QED) is 0.728. The van der Waals surface area contributed by atoms with Crippen molar-refractivity contribution >= 4 is 17.9 Å². The summed E-state index contributed by atoms with van der Waals surface area (Å²) in [6.45, 7) is 0. The van der Waals surface area contributed by atoms with Crippen LogP contribution in [-0.4, -0.2) is 16.3 Å². The van der Waals surface area contributed by atoms with Crippen molar-refractivity contribution in [2.45, 2.75) is 0 Å². The molecule has 0 unspecified atom stereocenters. The maximum absolute atomic E-state index is 10.5. The first-order chi connectivity index (χ1) is 7.29. The molecule has 0 aliphatic carbocycles. The number of halogens is 1. The van der Waals surface area contributed by atoms with E-state index in [0.29, 0.717) is 22.8 Å². The van der Waals surface area contributed by atoms with Crippen molar-refractivity contribution in [3.8, 4) is 11.4 Å². The highest BCUT2D eigenvalue weighted by atomic mass is 35.5. The molecule has 1 aromatic heterocycles. The molecule has 1 aromatic carbocycles. The van der Waals surface area contributed by atoms with E-state index in [1.807, 2.05) is 12.1 Å². The molecular weight excluding hydrogens is 212 g/mol. The second-order valence-electron chi connectivity index (χ2n) is 2.93. The molecule has 0 aliphatic rings. The van der Waals surface area contributed by atoms with Crippen molar-refractivity contribution in [1.29, 1.82) is 0 Å². The third-order valence-corrected chi connectivity index (χ3v) is 2.12. The molecule has 0 fully saturated rings. The maximum atomic E-state index is 10.5. The van der Waals surface area contributed by atoms with Gasteiger partial charge in [0.05, 0.1) is 0 Å². The highest BCUT2D eigenvalue weighted by Gasteiger charge is 2.02. The van der Waals surface area contributed by atoms with Crippen LogP contribution in [0.4, 0.5) is 0 Å². The molecule has 2 aromatic rings. The molecule has 2 rings (SSSR count). The van der Waals surface area contributed by atoms with Crippen molar-refractivity contribution in [1.82, 2.24) is 9.97 Å². The van der Waals surface area contributed by atoms with E-state index in [1.165, 1.54) is 0 Å². The normalized spacial score (nSPS) is 9.93. The lowest BCUT2D eigenvalue weighted by molar-refractivity contribution is 0.111. The molecule has 74 valence electrons. The number of aromatic nitrogens is 2. The first kappa shape index (κ1) is 9.80. The number of carbonyl (C=O) groups is 1. The maximum Gasteiger partial charge on any atom is 0.168 e. The Morgan fingerprint density at radius 1 is 1.27 bits per heavy atom. The molecule has 0 atom stereocenters. The summed E-state index contributed by atoms with van der Waals surface area (Å²) in [5.74, 6) is 0.502. The fraction of sp³-hybridized carbons (Fsp3) is 0. The number of rotatable bonds is 2. The largest absolute Gasteiger partial charge is 0.296 e. The van der Waals surface area contributed by atoms with E-state index in [9.17, 15) is 4.79 Å². The Bertz CT molecular complexity index is 499. The molecule has 0 saturated carbocycles. The summed E-state index contributed by atoms with van der Waals surface area (Å²) in [5, 5.41) is 0.618. The van der Waals surface area contributed by atoms with Crippen molar-refractivity contribution in [2.75, 3.05) is 0 Å². The van der Waals surface area contributed by atoms with Crippen LogP contribution in [0.25, 0.3) is 11.4 Å². The molecular formula is C11H7ClN2O. The standard InChI is InChI=1S/C11H7ClN2O/c12-9-3-1-2-8(6-9)11-13-5-4-10(7-15)14-11/h1-7H. The Kier molecular flexibility index (Phi) is 2.74. The minimum Gasteiger partial charge on any atom is -0.296 e. The third kappa shape index (κ3) is 2.19. The van der Waals surface area contributed by atoms with Crippen molar-refractivity contribution in [3.63, 3.8) is 0 Å². The van der Waals surface area contributed by atoms with Gasteiger partial charge in [-0.05, 0) is 18.2 Å². The van der Waals surface area contributed by atoms with Crippen molar-refractivity contribution < 1.29 is 4.79 Å². The molecule has 0 radical (unpaired) electrons. The van der Waals surface area contributed by atoms with Gasteiger partial charge in [-0.1, -0.05) is 23.7 Å². The summed E-state index contributed by atoms with van der Waals surface area (Å²) < 4.78 is 0. The average molecular weight is 219 g/mol. The molecule has 0 bridgehead atoms. The zero-order valence-electron chi connectivity index (χ0n) is 7.72. The number of aldehydes is 1. The van der Waals surface area contributed by atoms with Gasteiger partial charge < -0.3 is 0 Å². The van der Waals surface area contributed by atoms with Gasteiger partial charge in [0, 0.05) is 16.8 Å². The molecule has 0 saturated heterocycles. The van der Waals surface area contributed by atoms with Gasteiger partial charge in [0.15, 0.2) is 12.1 Å². The lowest BCUT2D eigenvalue weighted by atomic mass is 10.2. The van der Waals surface area contributed by atoms with Crippen LogP contribution in [0.2, 0.25) is 5.02 Å². The summed E-state index contributed by atoms with van der Waals surface area (Å²) in [6.07, 6.45) is 2.24. The van der Waals surface area contributed by atoms with Gasteiger partial charge in [0.2, 0.25) is 0 Å². The van der Waals surface area contributed by atoms with Crippen molar-refractivity contribution in [2.24, 2.45) is 0 Å². The fourth-order valence-electron chi connectivity index (χ4n) is 1.20. The van der Waals surface area contributed by atoms with Crippen LogP contribution in [0.3, 0.4) is 0 Å². The average Bonchev–Trinajstić information content (AvgIpc) is 2.29. The Hall–Kier alpha value is -1.74. The van der Waals surface area contributed by atoms with Crippen LogP contribution in [0.15, 0.2) is 36.5 Å². The predicted octanol–water partition coefficient (Wildman–Crippen LogP) is 2.61. The van der Waals surface area contributed by atoms with Gasteiger partial charge in [-0.2, -0.15) is 0 Å². The van der Waals surface area contributed by atoms with Crippen LogP contribution in [-0.2, 0) is 0 Å². The van der Waals surface area contributed by atoms with Crippen molar-refractivity contribution in [3.05, 3.63) is 47.2 Å². The van der Waals surface area contributed by atoms with Gasteiger partial charge in [-0.3, -0.25) is 4.79 Å². The summed E-state index contributed by atoms with van der Waals surface area (Å²) in [5.41, 5.74) is 1.16. The highest BCUT2D eigenvalue weighted by Crippen LogP contribution is 2.18. The second-order valence-corrected chi connectivity index (χ2v) is 3.37. The van der Waals surface area contributed by atoms with Crippen LogP contribution in [0, 0.1) is 0 Å². The molecule has 3 nitrogen and oxygen atoms in total. The van der Waals surface area contributed by atoms with Gasteiger partial charge in [0.1, 0.15) is 5.69 Å². The third-order valence-electron chi connectivity index (χ3n) is 1.88. The predicted molar refractivity (Wildman–Crippen MR) is 57.9 cm³/mol. The summed E-state index contributed by atoms with van der Waals surface area (Å²) in [6, 6.07) is 8.74. The van der Waals surface area contributed by atoms with E-state index in [0.717, 1.165) is 5.56 Å². The van der Waals surface area contributed by atoms with Crippen LogP contribution < -0.4 is 0 Å².